The molecule has 0 N–H and O–H groups in total. The molecule has 0 aromatic heterocycles. The summed E-state index contributed by atoms with van der Waals surface area (Å²) >= 11 is 0. The molecule has 3 heteroatoms. The first-order chi connectivity index (χ1) is 7.79. The summed E-state index contributed by atoms with van der Waals surface area (Å²) in [4.78, 5) is 5.15. The van der Waals surface area contributed by atoms with Crippen LogP contribution in [-0.4, -0.2) is 61.3 Å². The molecule has 0 bridgehead atoms. The molecule has 0 aromatic carbocycles. The fourth-order valence-corrected chi connectivity index (χ4v) is 2.27. The Morgan fingerprint density at radius 1 is 1.19 bits per heavy atom. The van der Waals surface area contributed by atoms with E-state index < -0.39 is 0 Å². The van der Waals surface area contributed by atoms with Crippen LogP contribution in [0, 0.1) is 0 Å². The van der Waals surface area contributed by atoms with E-state index in [-0.39, 0.29) is 0 Å². The first-order valence-corrected chi connectivity index (χ1v) is 6.87. The minimum Gasteiger partial charge on any atom is -0.377 e. The predicted octanol–water partition coefficient (Wildman–Crippen LogP) is 1.58. The van der Waals surface area contributed by atoms with E-state index in [2.05, 4.69) is 23.6 Å². The lowest BCUT2D eigenvalue weighted by Gasteiger charge is -2.37. The summed E-state index contributed by atoms with van der Waals surface area (Å²) in [7, 11) is 0. The molecule has 1 saturated heterocycles. The van der Waals surface area contributed by atoms with E-state index >= 15 is 0 Å². The van der Waals surface area contributed by atoms with Crippen molar-refractivity contribution in [2.75, 3.05) is 39.3 Å². The lowest BCUT2D eigenvalue weighted by atomic mass is 10.2. The Morgan fingerprint density at radius 2 is 1.88 bits per heavy atom. The zero-order chi connectivity index (χ0) is 11.4. The fraction of sp³-hybridized carbons (Fsp3) is 1.00. The number of ether oxygens (including phenoxy) is 1. The van der Waals surface area contributed by atoms with Crippen LogP contribution in [0.2, 0.25) is 0 Å². The zero-order valence-electron chi connectivity index (χ0n) is 10.8. The van der Waals surface area contributed by atoms with E-state index in [9.17, 15) is 0 Å². The van der Waals surface area contributed by atoms with Crippen LogP contribution >= 0.6 is 0 Å². The van der Waals surface area contributed by atoms with Crippen molar-refractivity contribution in [1.82, 2.24) is 9.80 Å². The van der Waals surface area contributed by atoms with Crippen molar-refractivity contribution in [1.29, 1.82) is 0 Å². The van der Waals surface area contributed by atoms with E-state index in [1.165, 1.54) is 45.4 Å². The SMILES string of the molecule is CCC(C)N1CCN(CCOC2CC2)CC1. The van der Waals surface area contributed by atoms with Gasteiger partial charge in [0.25, 0.3) is 0 Å². The van der Waals surface area contributed by atoms with Gasteiger partial charge in [-0.3, -0.25) is 9.80 Å². The number of piperazine rings is 1. The van der Waals surface area contributed by atoms with Crippen LogP contribution in [0.4, 0.5) is 0 Å². The third-order valence-electron chi connectivity index (χ3n) is 3.91. The maximum atomic E-state index is 5.70. The highest BCUT2D eigenvalue weighted by molar-refractivity contribution is 4.76. The summed E-state index contributed by atoms with van der Waals surface area (Å²) in [5.41, 5.74) is 0. The lowest BCUT2D eigenvalue weighted by molar-refractivity contribution is 0.0575. The molecule has 3 nitrogen and oxygen atoms in total. The van der Waals surface area contributed by atoms with Crippen molar-refractivity contribution >= 4 is 0 Å². The van der Waals surface area contributed by atoms with Crippen LogP contribution in [-0.2, 0) is 4.74 Å². The standard InChI is InChI=1S/C13H26N2O/c1-3-12(2)15-8-6-14(7-9-15)10-11-16-13-4-5-13/h12-13H,3-11H2,1-2H3. The summed E-state index contributed by atoms with van der Waals surface area (Å²) in [6.45, 7) is 11.6. The molecule has 1 saturated carbocycles. The van der Waals surface area contributed by atoms with Gasteiger partial charge in [-0.1, -0.05) is 6.92 Å². The second-order valence-corrected chi connectivity index (χ2v) is 5.21. The minimum atomic E-state index is 0.612. The maximum Gasteiger partial charge on any atom is 0.0597 e. The van der Waals surface area contributed by atoms with Crippen molar-refractivity contribution in [3.63, 3.8) is 0 Å². The molecule has 2 fully saturated rings. The summed E-state index contributed by atoms with van der Waals surface area (Å²) in [5.74, 6) is 0. The van der Waals surface area contributed by atoms with Gasteiger partial charge >= 0.3 is 0 Å². The quantitative estimate of drug-likeness (QED) is 0.684. The molecule has 0 amide bonds. The van der Waals surface area contributed by atoms with Gasteiger partial charge in [0.15, 0.2) is 0 Å². The largest absolute Gasteiger partial charge is 0.377 e. The smallest absolute Gasteiger partial charge is 0.0597 e. The van der Waals surface area contributed by atoms with Gasteiger partial charge in [0.1, 0.15) is 0 Å². The Morgan fingerprint density at radius 3 is 2.44 bits per heavy atom. The molecule has 2 aliphatic rings. The molecule has 16 heavy (non-hydrogen) atoms. The topological polar surface area (TPSA) is 15.7 Å². The molecule has 1 aliphatic heterocycles. The average molecular weight is 226 g/mol. The third-order valence-corrected chi connectivity index (χ3v) is 3.91. The van der Waals surface area contributed by atoms with E-state index in [0.717, 1.165) is 19.2 Å². The Balaban J connectivity index is 1.56. The molecule has 1 atom stereocenters. The van der Waals surface area contributed by atoms with Crippen LogP contribution in [0.5, 0.6) is 0 Å². The van der Waals surface area contributed by atoms with Gasteiger partial charge in [0.05, 0.1) is 12.7 Å². The Labute approximate surface area is 99.7 Å². The van der Waals surface area contributed by atoms with Crippen LogP contribution in [0.1, 0.15) is 33.1 Å². The summed E-state index contributed by atoms with van der Waals surface area (Å²) in [6.07, 6.45) is 4.47. The second kappa shape index (κ2) is 5.99. The molecule has 0 spiro atoms. The number of hydrogen-bond acceptors (Lipinski definition) is 3. The highest BCUT2D eigenvalue weighted by Crippen LogP contribution is 2.23. The highest BCUT2D eigenvalue weighted by atomic mass is 16.5. The minimum absolute atomic E-state index is 0.612. The number of nitrogens with zero attached hydrogens (tertiary/aromatic N) is 2. The van der Waals surface area contributed by atoms with Crippen LogP contribution < -0.4 is 0 Å². The fourth-order valence-electron chi connectivity index (χ4n) is 2.27. The van der Waals surface area contributed by atoms with Crippen molar-refractivity contribution in [2.24, 2.45) is 0 Å². The molecule has 94 valence electrons. The normalized spacial score (nSPS) is 25.9. The molecule has 2 rings (SSSR count). The Hall–Kier alpha value is -0.120. The maximum absolute atomic E-state index is 5.70. The average Bonchev–Trinajstić information content (AvgIpc) is 3.13. The monoisotopic (exact) mass is 226 g/mol. The van der Waals surface area contributed by atoms with E-state index in [1.54, 1.807) is 0 Å². The van der Waals surface area contributed by atoms with Gasteiger partial charge in [-0.2, -0.15) is 0 Å². The second-order valence-electron chi connectivity index (χ2n) is 5.21. The van der Waals surface area contributed by atoms with Gasteiger partial charge in [0, 0.05) is 38.8 Å². The third kappa shape index (κ3) is 3.72. The predicted molar refractivity (Wildman–Crippen MR) is 66.7 cm³/mol. The molecule has 1 aliphatic carbocycles. The highest BCUT2D eigenvalue weighted by Gasteiger charge is 2.23. The van der Waals surface area contributed by atoms with Crippen molar-refractivity contribution < 1.29 is 4.74 Å². The molecule has 0 radical (unpaired) electrons. The van der Waals surface area contributed by atoms with E-state index in [4.69, 9.17) is 4.74 Å². The molecule has 0 aromatic rings. The Bertz CT molecular complexity index is 198. The van der Waals surface area contributed by atoms with Gasteiger partial charge in [-0.25, -0.2) is 0 Å². The van der Waals surface area contributed by atoms with Crippen molar-refractivity contribution in [3.8, 4) is 0 Å². The van der Waals surface area contributed by atoms with Crippen LogP contribution in [0.25, 0.3) is 0 Å². The number of hydrogen-bond donors (Lipinski definition) is 0. The molecule has 1 unspecified atom stereocenters. The lowest BCUT2D eigenvalue weighted by Crippen LogP contribution is -2.50. The molecular formula is C13H26N2O. The summed E-state index contributed by atoms with van der Waals surface area (Å²) < 4.78 is 5.70. The molecule has 1 heterocycles. The van der Waals surface area contributed by atoms with Gasteiger partial charge in [0.2, 0.25) is 0 Å². The first kappa shape index (κ1) is 12.3. The molecular weight excluding hydrogens is 200 g/mol. The van der Waals surface area contributed by atoms with Crippen molar-refractivity contribution in [3.05, 3.63) is 0 Å². The van der Waals surface area contributed by atoms with Gasteiger partial charge < -0.3 is 4.74 Å². The summed E-state index contributed by atoms with van der Waals surface area (Å²) in [6, 6.07) is 0.755. The number of rotatable bonds is 6. The van der Waals surface area contributed by atoms with Crippen LogP contribution in [0.3, 0.4) is 0 Å². The van der Waals surface area contributed by atoms with Crippen molar-refractivity contribution in [2.45, 2.75) is 45.3 Å². The van der Waals surface area contributed by atoms with Gasteiger partial charge in [-0.05, 0) is 26.2 Å². The summed E-state index contributed by atoms with van der Waals surface area (Å²) in [5, 5.41) is 0. The van der Waals surface area contributed by atoms with E-state index in [1.807, 2.05) is 0 Å². The Kier molecular flexibility index (Phi) is 4.62. The van der Waals surface area contributed by atoms with E-state index in [0.29, 0.717) is 6.10 Å². The zero-order valence-corrected chi connectivity index (χ0v) is 10.8. The van der Waals surface area contributed by atoms with Gasteiger partial charge in [-0.15, -0.1) is 0 Å². The van der Waals surface area contributed by atoms with Crippen LogP contribution in [0.15, 0.2) is 0 Å². The first-order valence-electron chi connectivity index (χ1n) is 6.87.